The molecule has 2 aliphatic rings. The molecule has 1 aromatic rings. The molecule has 122 valence electrons. The lowest BCUT2D eigenvalue weighted by Crippen LogP contribution is -2.55. The number of nitrogens with one attached hydrogen (secondary N) is 2. The Bertz CT molecular complexity index is 497. The minimum atomic E-state index is -0.641. The van der Waals surface area contributed by atoms with Crippen molar-refractivity contribution in [2.45, 2.75) is 36.7 Å². The highest BCUT2D eigenvalue weighted by Gasteiger charge is 2.46. The Balaban J connectivity index is 0.00000176. The van der Waals surface area contributed by atoms with Crippen LogP contribution in [0.4, 0.5) is 0 Å². The van der Waals surface area contributed by atoms with Gasteiger partial charge in [0.15, 0.2) is 0 Å². The Kier molecular flexibility index (Phi) is 5.48. The second kappa shape index (κ2) is 6.99. The predicted molar refractivity (Wildman–Crippen MR) is 89.5 cm³/mol. The number of hydrogen-bond acceptors (Lipinski definition) is 3. The third-order valence-electron chi connectivity index (χ3n) is 5.04. The highest BCUT2D eigenvalue weighted by molar-refractivity contribution is 5.85. The highest BCUT2D eigenvalue weighted by Crippen LogP contribution is 2.47. The topological polar surface area (TPSA) is 50.4 Å². The normalized spacial score (nSPS) is 21.5. The molecule has 0 atom stereocenters. The van der Waals surface area contributed by atoms with Crippen LogP contribution in [-0.2, 0) is 14.9 Å². The molecule has 0 radical (unpaired) electrons. The molecule has 1 amide bonds. The summed E-state index contributed by atoms with van der Waals surface area (Å²) in [5.41, 5.74) is 0.846. The number of carbonyl (C=O) groups is 1. The van der Waals surface area contributed by atoms with E-state index in [9.17, 15) is 4.79 Å². The van der Waals surface area contributed by atoms with Crippen molar-refractivity contribution < 1.29 is 9.53 Å². The summed E-state index contributed by atoms with van der Waals surface area (Å²) in [5, 5.41) is 6.43. The summed E-state index contributed by atoms with van der Waals surface area (Å²) in [6, 6.07) is 10.5. The van der Waals surface area contributed by atoms with Crippen molar-refractivity contribution in [2.24, 2.45) is 0 Å². The summed E-state index contributed by atoms with van der Waals surface area (Å²) in [6.45, 7) is 2.39. The van der Waals surface area contributed by atoms with Crippen LogP contribution in [0.2, 0.25) is 0 Å². The largest absolute Gasteiger partial charge is 0.368 e. The molecule has 0 spiro atoms. The molecule has 3 rings (SSSR count). The van der Waals surface area contributed by atoms with E-state index in [1.165, 1.54) is 5.56 Å². The minimum Gasteiger partial charge on any atom is -0.368 e. The van der Waals surface area contributed by atoms with E-state index in [-0.39, 0.29) is 23.7 Å². The van der Waals surface area contributed by atoms with Gasteiger partial charge in [-0.15, -0.1) is 12.4 Å². The fourth-order valence-electron chi connectivity index (χ4n) is 3.28. The van der Waals surface area contributed by atoms with E-state index in [2.05, 4.69) is 34.9 Å². The second-order valence-electron chi connectivity index (χ2n) is 6.28. The van der Waals surface area contributed by atoms with Crippen LogP contribution in [0.3, 0.4) is 0 Å². The number of hydrogen-bond donors (Lipinski definition) is 2. The van der Waals surface area contributed by atoms with Crippen LogP contribution in [0.25, 0.3) is 0 Å². The van der Waals surface area contributed by atoms with Gasteiger partial charge in [0.25, 0.3) is 5.91 Å². The van der Waals surface area contributed by atoms with Gasteiger partial charge >= 0.3 is 0 Å². The first-order chi connectivity index (χ1) is 10.2. The predicted octanol–water partition coefficient (Wildman–Crippen LogP) is 2.02. The Morgan fingerprint density at radius 1 is 1.18 bits per heavy atom. The molecule has 1 saturated heterocycles. The van der Waals surface area contributed by atoms with E-state index in [4.69, 9.17) is 4.74 Å². The zero-order valence-corrected chi connectivity index (χ0v) is 13.9. The van der Waals surface area contributed by atoms with E-state index < -0.39 is 5.60 Å². The van der Waals surface area contributed by atoms with Gasteiger partial charge in [-0.2, -0.15) is 0 Å². The van der Waals surface area contributed by atoms with Crippen LogP contribution in [0.1, 0.15) is 31.2 Å². The van der Waals surface area contributed by atoms with Crippen molar-refractivity contribution in [1.82, 2.24) is 10.6 Å². The Morgan fingerprint density at radius 3 is 2.36 bits per heavy atom. The van der Waals surface area contributed by atoms with Crippen molar-refractivity contribution in [2.75, 3.05) is 26.7 Å². The molecular formula is C17H25ClN2O2. The van der Waals surface area contributed by atoms with Crippen LogP contribution in [0.5, 0.6) is 0 Å². The number of methoxy groups -OCH3 is 1. The first-order valence-electron chi connectivity index (χ1n) is 7.81. The average Bonchev–Trinajstić information content (AvgIpc) is 3.35. The molecule has 5 heteroatoms. The monoisotopic (exact) mass is 324 g/mol. The lowest BCUT2D eigenvalue weighted by atomic mass is 9.90. The average molecular weight is 325 g/mol. The molecule has 4 nitrogen and oxygen atoms in total. The third-order valence-corrected chi connectivity index (χ3v) is 5.04. The quantitative estimate of drug-likeness (QED) is 0.871. The SMILES string of the molecule is COC1(C(=O)NCC2(c3ccccc3)CC2)CCNCC1.Cl. The van der Waals surface area contributed by atoms with Gasteiger partial charge in [0.05, 0.1) is 0 Å². The van der Waals surface area contributed by atoms with Crippen LogP contribution >= 0.6 is 12.4 Å². The number of piperidine rings is 1. The highest BCUT2D eigenvalue weighted by atomic mass is 35.5. The van der Waals surface area contributed by atoms with Crippen molar-refractivity contribution in [3.8, 4) is 0 Å². The zero-order chi connectivity index (χ0) is 14.8. The third kappa shape index (κ3) is 3.29. The van der Waals surface area contributed by atoms with Crippen LogP contribution < -0.4 is 10.6 Å². The second-order valence-corrected chi connectivity index (χ2v) is 6.28. The number of amides is 1. The van der Waals surface area contributed by atoms with Gasteiger partial charge in [0.1, 0.15) is 5.60 Å². The molecule has 0 unspecified atom stereocenters. The van der Waals surface area contributed by atoms with E-state index in [1.807, 2.05) is 6.07 Å². The molecule has 1 heterocycles. The number of benzene rings is 1. The molecular weight excluding hydrogens is 300 g/mol. The van der Waals surface area contributed by atoms with Gasteiger partial charge in [0, 0.05) is 19.1 Å². The summed E-state index contributed by atoms with van der Waals surface area (Å²) in [5.74, 6) is 0.0497. The van der Waals surface area contributed by atoms with Gasteiger partial charge in [-0.25, -0.2) is 0 Å². The smallest absolute Gasteiger partial charge is 0.252 e. The van der Waals surface area contributed by atoms with Crippen LogP contribution in [0.15, 0.2) is 30.3 Å². The number of halogens is 1. The summed E-state index contributed by atoms with van der Waals surface area (Å²) in [6.07, 6.45) is 3.79. The molecule has 1 aliphatic carbocycles. The first kappa shape index (κ1) is 17.3. The Morgan fingerprint density at radius 2 is 1.82 bits per heavy atom. The van der Waals surface area contributed by atoms with Crippen LogP contribution in [-0.4, -0.2) is 38.3 Å². The number of carbonyl (C=O) groups excluding carboxylic acids is 1. The van der Waals surface area contributed by atoms with E-state index in [1.54, 1.807) is 7.11 Å². The fourth-order valence-corrected chi connectivity index (χ4v) is 3.28. The maximum absolute atomic E-state index is 12.6. The molecule has 1 aromatic carbocycles. The molecule has 0 aromatic heterocycles. The standard InChI is InChI=1S/C17H24N2O2.ClH/c1-21-17(9-11-18-12-10-17)15(20)19-13-16(7-8-16)14-5-3-2-4-6-14;/h2-6,18H,7-13H2,1H3,(H,19,20);1H. The van der Waals surface area contributed by atoms with Gasteiger partial charge in [-0.05, 0) is 44.3 Å². The molecule has 1 aliphatic heterocycles. The van der Waals surface area contributed by atoms with Gasteiger partial charge in [-0.3, -0.25) is 4.79 Å². The minimum absolute atomic E-state index is 0. The van der Waals surface area contributed by atoms with Crippen LogP contribution in [0, 0.1) is 0 Å². The molecule has 0 bridgehead atoms. The molecule has 1 saturated carbocycles. The maximum atomic E-state index is 12.6. The summed E-state index contributed by atoms with van der Waals surface area (Å²) in [7, 11) is 1.65. The fraction of sp³-hybridized carbons (Fsp3) is 0.588. The van der Waals surface area contributed by atoms with E-state index in [0.717, 1.165) is 38.8 Å². The lowest BCUT2D eigenvalue weighted by molar-refractivity contribution is -0.146. The summed E-state index contributed by atoms with van der Waals surface area (Å²) >= 11 is 0. The Hall–Kier alpha value is -1.10. The van der Waals surface area contributed by atoms with Gasteiger partial charge in [0.2, 0.25) is 0 Å². The van der Waals surface area contributed by atoms with E-state index in [0.29, 0.717) is 6.54 Å². The zero-order valence-electron chi connectivity index (χ0n) is 13.1. The number of rotatable bonds is 5. The summed E-state index contributed by atoms with van der Waals surface area (Å²) < 4.78 is 5.58. The Labute approximate surface area is 138 Å². The lowest BCUT2D eigenvalue weighted by Gasteiger charge is -2.35. The molecule has 2 N–H and O–H groups in total. The summed E-state index contributed by atoms with van der Waals surface area (Å²) in [4.78, 5) is 12.6. The molecule has 22 heavy (non-hydrogen) atoms. The molecule has 2 fully saturated rings. The van der Waals surface area contributed by atoms with Crippen molar-refractivity contribution in [3.63, 3.8) is 0 Å². The van der Waals surface area contributed by atoms with Gasteiger partial charge < -0.3 is 15.4 Å². The van der Waals surface area contributed by atoms with Crippen molar-refractivity contribution in [3.05, 3.63) is 35.9 Å². The van der Waals surface area contributed by atoms with E-state index >= 15 is 0 Å². The first-order valence-corrected chi connectivity index (χ1v) is 7.81. The van der Waals surface area contributed by atoms with Crippen molar-refractivity contribution in [1.29, 1.82) is 0 Å². The maximum Gasteiger partial charge on any atom is 0.252 e. The van der Waals surface area contributed by atoms with Crippen molar-refractivity contribution >= 4 is 18.3 Å². The number of ether oxygens (including phenoxy) is 1. The van der Waals surface area contributed by atoms with Gasteiger partial charge in [-0.1, -0.05) is 30.3 Å².